The number of hydrogen-bond acceptors (Lipinski definition) is 2. The molecule has 0 spiro atoms. The first kappa shape index (κ1) is 11.5. The molecule has 3 heteroatoms. The first-order valence-electron chi connectivity index (χ1n) is 4.54. The van der Waals surface area contributed by atoms with Crippen molar-refractivity contribution < 1.29 is 0 Å². The van der Waals surface area contributed by atoms with Crippen molar-refractivity contribution in [1.29, 1.82) is 0 Å². The Labute approximate surface area is 77.9 Å². The fourth-order valence-electron chi connectivity index (χ4n) is 0.930. The van der Waals surface area contributed by atoms with E-state index in [2.05, 4.69) is 35.4 Å². The summed E-state index contributed by atoms with van der Waals surface area (Å²) in [6, 6.07) is 0. The van der Waals surface area contributed by atoms with Crippen LogP contribution in [0, 0.1) is 0 Å². The maximum atomic E-state index is 2.56. The van der Waals surface area contributed by atoms with E-state index < -0.39 is 0 Å². The van der Waals surface area contributed by atoms with Gasteiger partial charge in [0.1, 0.15) is 0 Å². The van der Waals surface area contributed by atoms with Crippen LogP contribution in [0.1, 0.15) is 27.7 Å². The van der Waals surface area contributed by atoms with Crippen molar-refractivity contribution in [3.05, 3.63) is 0 Å². The van der Waals surface area contributed by atoms with Crippen molar-refractivity contribution in [3.8, 4) is 0 Å². The summed E-state index contributed by atoms with van der Waals surface area (Å²) in [5.74, 6) is 0. The van der Waals surface area contributed by atoms with Gasteiger partial charge in [-0.25, -0.2) is 0 Å². The second-order valence-corrected chi connectivity index (χ2v) is 5.52. The summed E-state index contributed by atoms with van der Waals surface area (Å²) < 4.78 is 5.12. The SMILES string of the molecule is CC[N](CC)[Ge][N](CC)CC. The van der Waals surface area contributed by atoms with Gasteiger partial charge in [-0.05, 0) is 0 Å². The summed E-state index contributed by atoms with van der Waals surface area (Å²) in [4.78, 5) is 0. The average molecular weight is 217 g/mol. The Kier molecular flexibility index (Phi) is 7.43. The van der Waals surface area contributed by atoms with Gasteiger partial charge < -0.3 is 0 Å². The van der Waals surface area contributed by atoms with Crippen LogP contribution in [0.25, 0.3) is 0 Å². The van der Waals surface area contributed by atoms with E-state index in [4.69, 9.17) is 0 Å². The molecule has 0 saturated carbocycles. The molecule has 2 radical (unpaired) electrons. The van der Waals surface area contributed by atoms with E-state index in [0.29, 0.717) is 0 Å². The van der Waals surface area contributed by atoms with Crippen LogP contribution in [0.3, 0.4) is 0 Å². The van der Waals surface area contributed by atoms with Crippen molar-refractivity contribution in [2.45, 2.75) is 27.7 Å². The molecular weight excluding hydrogens is 197 g/mol. The van der Waals surface area contributed by atoms with Gasteiger partial charge in [0, 0.05) is 0 Å². The normalized spacial score (nSPS) is 11.5. The third kappa shape index (κ3) is 4.82. The fourth-order valence-corrected chi connectivity index (χ4v) is 2.96. The first-order valence-corrected chi connectivity index (χ1v) is 6.42. The Morgan fingerprint density at radius 1 is 0.727 bits per heavy atom. The maximum absolute atomic E-state index is 2.56. The molecule has 0 aliphatic carbocycles. The second-order valence-electron chi connectivity index (χ2n) is 2.44. The predicted octanol–water partition coefficient (Wildman–Crippen LogP) is 1.20. The van der Waals surface area contributed by atoms with E-state index in [1.807, 2.05) is 0 Å². The van der Waals surface area contributed by atoms with Crippen molar-refractivity contribution in [2.75, 3.05) is 26.2 Å². The molecule has 0 aromatic carbocycles. The Bertz CT molecular complexity index is 70.2. The van der Waals surface area contributed by atoms with Gasteiger partial charge in [-0.3, -0.25) is 0 Å². The third-order valence-electron chi connectivity index (χ3n) is 1.81. The first-order chi connectivity index (χ1) is 5.28. The van der Waals surface area contributed by atoms with Crippen LogP contribution in [0.15, 0.2) is 0 Å². The number of nitrogens with zero attached hydrogens (tertiary/aromatic N) is 2. The molecule has 66 valence electrons. The van der Waals surface area contributed by atoms with Gasteiger partial charge in [0.2, 0.25) is 0 Å². The van der Waals surface area contributed by atoms with E-state index in [-0.39, 0.29) is 15.9 Å². The molecular formula is C8H20GeN2. The van der Waals surface area contributed by atoms with Crippen LogP contribution in [-0.2, 0) is 0 Å². The molecule has 0 aliphatic rings. The molecule has 0 fully saturated rings. The van der Waals surface area contributed by atoms with E-state index in [9.17, 15) is 0 Å². The Balaban J connectivity index is 3.58. The molecule has 0 heterocycles. The summed E-state index contributed by atoms with van der Waals surface area (Å²) in [6.07, 6.45) is 0. The Hall–Kier alpha value is 0.463. The van der Waals surface area contributed by atoms with Gasteiger partial charge in [0.05, 0.1) is 0 Å². The summed E-state index contributed by atoms with van der Waals surface area (Å²) in [7, 11) is 0. The van der Waals surface area contributed by atoms with Crippen molar-refractivity contribution >= 4 is 15.9 Å². The molecule has 0 atom stereocenters. The quantitative estimate of drug-likeness (QED) is 0.616. The number of hydrogen-bond donors (Lipinski definition) is 0. The molecule has 0 aliphatic heterocycles. The summed E-state index contributed by atoms with van der Waals surface area (Å²) in [5, 5.41) is 0. The molecule has 0 rings (SSSR count). The summed E-state index contributed by atoms with van der Waals surface area (Å²) in [6.45, 7) is 13.8. The molecule has 0 aromatic rings. The Morgan fingerprint density at radius 2 is 1.00 bits per heavy atom. The van der Waals surface area contributed by atoms with E-state index in [0.717, 1.165) is 0 Å². The van der Waals surface area contributed by atoms with Crippen LogP contribution in [0.2, 0.25) is 0 Å². The van der Waals surface area contributed by atoms with Gasteiger partial charge in [-0.1, -0.05) is 0 Å². The van der Waals surface area contributed by atoms with Gasteiger partial charge >= 0.3 is 77.5 Å². The number of rotatable bonds is 6. The van der Waals surface area contributed by atoms with Crippen LogP contribution < -0.4 is 0 Å². The minimum atomic E-state index is 0.0278. The molecule has 0 bridgehead atoms. The Morgan fingerprint density at radius 3 is 1.18 bits per heavy atom. The van der Waals surface area contributed by atoms with Crippen molar-refractivity contribution in [3.63, 3.8) is 0 Å². The molecule has 0 saturated heterocycles. The summed E-state index contributed by atoms with van der Waals surface area (Å²) >= 11 is 0.0278. The second kappa shape index (κ2) is 7.13. The van der Waals surface area contributed by atoms with Crippen molar-refractivity contribution in [1.82, 2.24) is 7.71 Å². The standard InChI is InChI=1S/C8H20GeN2/c1-5-10(6-2)9-11(7-3)8-4/h5-8H2,1-4H3. The molecule has 0 unspecified atom stereocenters. The van der Waals surface area contributed by atoms with E-state index in [1.165, 1.54) is 26.2 Å². The van der Waals surface area contributed by atoms with Crippen molar-refractivity contribution in [2.24, 2.45) is 0 Å². The van der Waals surface area contributed by atoms with Crippen LogP contribution in [-0.4, -0.2) is 49.8 Å². The van der Waals surface area contributed by atoms with Gasteiger partial charge in [-0.15, -0.1) is 0 Å². The molecule has 2 nitrogen and oxygen atoms in total. The fraction of sp³-hybridized carbons (Fsp3) is 1.00. The third-order valence-corrected chi connectivity index (χ3v) is 5.65. The monoisotopic (exact) mass is 218 g/mol. The average Bonchev–Trinajstić information content (AvgIpc) is 2.07. The van der Waals surface area contributed by atoms with Crippen LogP contribution in [0.5, 0.6) is 0 Å². The van der Waals surface area contributed by atoms with E-state index in [1.54, 1.807) is 0 Å². The van der Waals surface area contributed by atoms with E-state index >= 15 is 0 Å². The predicted molar refractivity (Wildman–Crippen MR) is 51.6 cm³/mol. The van der Waals surface area contributed by atoms with Crippen LogP contribution >= 0.6 is 0 Å². The molecule has 0 amide bonds. The van der Waals surface area contributed by atoms with Gasteiger partial charge in [-0.2, -0.15) is 0 Å². The molecule has 0 N–H and O–H groups in total. The zero-order chi connectivity index (χ0) is 8.69. The van der Waals surface area contributed by atoms with Crippen LogP contribution in [0.4, 0.5) is 0 Å². The zero-order valence-corrected chi connectivity index (χ0v) is 10.3. The summed E-state index contributed by atoms with van der Waals surface area (Å²) in [5.41, 5.74) is 0. The molecule has 0 aromatic heterocycles. The van der Waals surface area contributed by atoms with Gasteiger partial charge in [0.25, 0.3) is 0 Å². The minimum absolute atomic E-state index is 0.0278. The molecule has 11 heavy (non-hydrogen) atoms. The van der Waals surface area contributed by atoms with Gasteiger partial charge in [0.15, 0.2) is 0 Å². The topological polar surface area (TPSA) is 6.48 Å². The zero-order valence-electron chi connectivity index (χ0n) is 8.22.